The van der Waals surface area contributed by atoms with Crippen molar-refractivity contribution in [2.45, 2.75) is 6.92 Å². The van der Waals surface area contributed by atoms with Crippen molar-refractivity contribution >= 4 is 28.7 Å². The Bertz CT molecular complexity index is 488. The zero-order valence-corrected chi connectivity index (χ0v) is 9.73. The molecule has 1 nitrogen and oxygen atoms in total. The fourth-order valence-corrected chi connectivity index (χ4v) is 2.23. The number of benzene rings is 1. The van der Waals surface area contributed by atoms with E-state index in [0.29, 0.717) is 10.6 Å². The molecule has 0 amide bonds. The molecular weight excluding hydrogens is 228 g/mol. The number of hydrogen-bond acceptors (Lipinski definition) is 2. The summed E-state index contributed by atoms with van der Waals surface area (Å²) in [7, 11) is 0. The Morgan fingerprint density at radius 3 is 2.80 bits per heavy atom. The highest BCUT2D eigenvalue weighted by molar-refractivity contribution is 7.12. The summed E-state index contributed by atoms with van der Waals surface area (Å²) in [6.07, 6.45) is 0. The van der Waals surface area contributed by atoms with Gasteiger partial charge in [-0.25, -0.2) is 0 Å². The van der Waals surface area contributed by atoms with Gasteiger partial charge in [0.25, 0.3) is 0 Å². The molecule has 0 spiro atoms. The zero-order chi connectivity index (χ0) is 10.8. The van der Waals surface area contributed by atoms with E-state index < -0.39 is 0 Å². The Balaban J connectivity index is 2.46. The largest absolute Gasteiger partial charge is 0.288 e. The SMILES string of the molecule is Cc1ccc(Cl)cc1C(=O)c1cccs1. The van der Waals surface area contributed by atoms with Crippen molar-refractivity contribution in [1.29, 1.82) is 0 Å². The zero-order valence-electron chi connectivity index (χ0n) is 8.16. The van der Waals surface area contributed by atoms with Crippen LogP contribution >= 0.6 is 22.9 Å². The van der Waals surface area contributed by atoms with Crippen LogP contribution in [0.25, 0.3) is 0 Å². The topological polar surface area (TPSA) is 17.1 Å². The lowest BCUT2D eigenvalue weighted by Crippen LogP contribution is -2.01. The van der Waals surface area contributed by atoms with Crippen LogP contribution in [0.2, 0.25) is 5.02 Å². The number of carbonyl (C=O) groups excluding carboxylic acids is 1. The Labute approximate surface area is 97.3 Å². The van der Waals surface area contributed by atoms with Gasteiger partial charge in [0.05, 0.1) is 4.88 Å². The van der Waals surface area contributed by atoms with Gasteiger partial charge in [-0.05, 0) is 36.1 Å². The summed E-state index contributed by atoms with van der Waals surface area (Å²) >= 11 is 7.32. The van der Waals surface area contributed by atoms with Crippen molar-refractivity contribution in [3.8, 4) is 0 Å². The van der Waals surface area contributed by atoms with Crippen LogP contribution in [0.5, 0.6) is 0 Å². The van der Waals surface area contributed by atoms with Gasteiger partial charge >= 0.3 is 0 Å². The molecule has 1 aromatic heterocycles. The maximum absolute atomic E-state index is 12.0. The van der Waals surface area contributed by atoms with Crippen LogP contribution in [-0.4, -0.2) is 5.78 Å². The van der Waals surface area contributed by atoms with Crippen molar-refractivity contribution in [2.75, 3.05) is 0 Å². The summed E-state index contributed by atoms with van der Waals surface area (Å²) < 4.78 is 0. The fourth-order valence-electron chi connectivity index (χ4n) is 1.38. The molecule has 0 aliphatic rings. The fraction of sp³-hybridized carbons (Fsp3) is 0.0833. The van der Waals surface area contributed by atoms with Crippen LogP contribution in [0.3, 0.4) is 0 Å². The van der Waals surface area contributed by atoms with Gasteiger partial charge in [0.2, 0.25) is 5.78 Å². The normalized spacial score (nSPS) is 10.3. The van der Waals surface area contributed by atoms with E-state index in [4.69, 9.17) is 11.6 Å². The molecule has 0 aliphatic carbocycles. The highest BCUT2D eigenvalue weighted by Gasteiger charge is 2.12. The molecule has 0 bridgehead atoms. The summed E-state index contributed by atoms with van der Waals surface area (Å²) in [5.74, 6) is 0.0463. The minimum atomic E-state index is 0.0463. The van der Waals surface area contributed by atoms with E-state index in [1.165, 1.54) is 11.3 Å². The quantitative estimate of drug-likeness (QED) is 0.722. The molecule has 1 heterocycles. The Hall–Kier alpha value is -1.12. The standard InChI is InChI=1S/C12H9ClOS/c1-8-4-5-9(13)7-10(8)12(14)11-3-2-6-15-11/h2-7H,1H3. The second-order valence-corrected chi connectivity index (χ2v) is 4.65. The number of aryl methyl sites for hydroxylation is 1. The summed E-state index contributed by atoms with van der Waals surface area (Å²) in [4.78, 5) is 12.8. The second-order valence-electron chi connectivity index (χ2n) is 3.27. The molecule has 0 saturated carbocycles. The molecule has 0 saturated heterocycles. The molecule has 0 N–H and O–H groups in total. The molecular formula is C12H9ClOS. The smallest absolute Gasteiger partial charge is 0.203 e. The predicted octanol–water partition coefficient (Wildman–Crippen LogP) is 3.94. The van der Waals surface area contributed by atoms with Gasteiger partial charge in [0.15, 0.2) is 0 Å². The van der Waals surface area contributed by atoms with E-state index >= 15 is 0 Å². The van der Waals surface area contributed by atoms with Gasteiger partial charge in [0.1, 0.15) is 0 Å². The summed E-state index contributed by atoms with van der Waals surface area (Å²) in [5, 5.41) is 2.49. The maximum atomic E-state index is 12.0. The highest BCUT2D eigenvalue weighted by Crippen LogP contribution is 2.21. The molecule has 0 fully saturated rings. The van der Waals surface area contributed by atoms with Crippen LogP contribution in [0.4, 0.5) is 0 Å². The van der Waals surface area contributed by atoms with Crippen molar-refractivity contribution in [2.24, 2.45) is 0 Å². The van der Waals surface area contributed by atoms with Crippen LogP contribution in [0.1, 0.15) is 20.8 Å². The van der Waals surface area contributed by atoms with Gasteiger partial charge in [-0.2, -0.15) is 0 Å². The molecule has 0 atom stereocenters. The van der Waals surface area contributed by atoms with Crippen molar-refractivity contribution < 1.29 is 4.79 Å². The predicted molar refractivity (Wildman–Crippen MR) is 63.9 cm³/mol. The molecule has 15 heavy (non-hydrogen) atoms. The number of halogens is 1. The van der Waals surface area contributed by atoms with Gasteiger partial charge in [0, 0.05) is 10.6 Å². The highest BCUT2D eigenvalue weighted by atomic mass is 35.5. The number of carbonyl (C=O) groups is 1. The first-order chi connectivity index (χ1) is 7.18. The number of rotatable bonds is 2. The number of ketones is 1. The number of thiophene rings is 1. The average molecular weight is 237 g/mol. The van der Waals surface area contributed by atoms with E-state index in [9.17, 15) is 4.79 Å². The third-order valence-corrected chi connectivity index (χ3v) is 3.29. The van der Waals surface area contributed by atoms with Crippen LogP contribution in [0.15, 0.2) is 35.7 Å². The average Bonchev–Trinajstić information content (AvgIpc) is 2.74. The Morgan fingerprint density at radius 1 is 1.33 bits per heavy atom. The van der Waals surface area contributed by atoms with Crippen molar-refractivity contribution in [3.63, 3.8) is 0 Å². The Morgan fingerprint density at radius 2 is 2.13 bits per heavy atom. The third-order valence-electron chi connectivity index (χ3n) is 2.19. The first-order valence-electron chi connectivity index (χ1n) is 4.53. The summed E-state index contributed by atoms with van der Waals surface area (Å²) in [5.41, 5.74) is 1.64. The second kappa shape index (κ2) is 4.17. The van der Waals surface area contributed by atoms with Gasteiger partial charge in [-0.1, -0.05) is 23.7 Å². The Kier molecular flexibility index (Phi) is 2.89. The number of hydrogen-bond donors (Lipinski definition) is 0. The summed E-state index contributed by atoms with van der Waals surface area (Å²) in [6, 6.07) is 9.08. The molecule has 0 radical (unpaired) electrons. The molecule has 2 aromatic rings. The van der Waals surface area contributed by atoms with E-state index in [1.807, 2.05) is 30.5 Å². The lowest BCUT2D eigenvalue weighted by Gasteiger charge is -2.03. The molecule has 2 rings (SSSR count). The van der Waals surface area contributed by atoms with Gasteiger partial charge in [-0.15, -0.1) is 11.3 Å². The van der Waals surface area contributed by atoms with E-state index in [-0.39, 0.29) is 5.78 Å². The first kappa shape index (κ1) is 10.4. The minimum absolute atomic E-state index is 0.0463. The van der Waals surface area contributed by atoms with Crippen LogP contribution in [-0.2, 0) is 0 Å². The van der Waals surface area contributed by atoms with Crippen molar-refractivity contribution in [3.05, 3.63) is 56.7 Å². The van der Waals surface area contributed by atoms with Crippen LogP contribution < -0.4 is 0 Å². The van der Waals surface area contributed by atoms with Crippen LogP contribution in [0, 0.1) is 6.92 Å². The molecule has 0 aliphatic heterocycles. The minimum Gasteiger partial charge on any atom is -0.288 e. The lowest BCUT2D eigenvalue weighted by atomic mass is 10.0. The van der Waals surface area contributed by atoms with E-state index in [2.05, 4.69) is 0 Å². The molecule has 3 heteroatoms. The van der Waals surface area contributed by atoms with E-state index in [1.54, 1.807) is 12.1 Å². The third kappa shape index (κ3) is 2.11. The summed E-state index contributed by atoms with van der Waals surface area (Å²) in [6.45, 7) is 1.91. The van der Waals surface area contributed by atoms with Crippen molar-refractivity contribution in [1.82, 2.24) is 0 Å². The van der Waals surface area contributed by atoms with Gasteiger partial charge < -0.3 is 0 Å². The maximum Gasteiger partial charge on any atom is 0.203 e. The van der Waals surface area contributed by atoms with E-state index in [0.717, 1.165) is 10.4 Å². The first-order valence-corrected chi connectivity index (χ1v) is 5.78. The molecule has 76 valence electrons. The molecule has 1 aromatic carbocycles. The van der Waals surface area contributed by atoms with Gasteiger partial charge in [-0.3, -0.25) is 4.79 Å². The molecule has 0 unspecified atom stereocenters. The monoisotopic (exact) mass is 236 g/mol. The lowest BCUT2D eigenvalue weighted by molar-refractivity contribution is 0.104.